The molecule has 0 radical (unpaired) electrons. The Hall–Kier alpha value is -0.320. The molecule has 16 heavy (non-hydrogen) atoms. The maximum Gasteiger partial charge on any atom is 0.389 e. The molecule has 1 heterocycles. The molecule has 1 nitrogen and oxygen atoms in total. The monoisotopic (exact) mass is 241 g/mol. The van der Waals surface area contributed by atoms with E-state index in [1.807, 2.05) is 0 Å². The summed E-state index contributed by atoms with van der Waals surface area (Å²) in [6, 6.07) is 0. The number of rotatable bonds is 4. The molecule has 0 amide bonds. The fraction of sp³-hybridized carbons (Fsp3) is 1.00. The third-order valence-electron chi connectivity index (χ3n) is 3.27. The first-order valence-electron chi connectivity index (χ1n) is 5.78. The van der Waals surface area contributed by atoms with E-state index in [1.165, 1.54) is 6.92 Å². The predicted octanol–water partition coefficient (Wildman–Crippen LogP) is 3.45. The second-order valence-corrected chi connectivity index (χ2v) is 4.79. The molecule has 0 aliphatic carbocycles. The van der Waals surface area contributed by atoms with Gasteiger partial charge in [0, 0.05) is 18.9 Å². The van der Waals surface area contributed by atoms with Crippen LogP contribution in [-0.2, 0) is 0 Å². The van der Waals surface area contributed by atoms with Crippen molar-refractivity contribution in [1.29, 1.82) is 0 Å². The summed E-state index contributed by atoms with van der Waals surface area (Å²) in [6.45, 7) is 2.90. The van der Waals surface area contributed by atoms with E-state index in [1.54, 1.807) is 0 Å². The van der Waals surface area contributed by atoms with Crippen molar-refractivity contribution in [3.63, 3.8) is 0 Å². The van der Waals surface area contributed by atoms with Crippen molar-refractivity contribution >= 4 is 0 Å². The van der Waals surface area contributed by atoms with Crippen LogP contribution in [0.15, 0.2) is 0 Å². The van der Waals surface area contributed by atoms with Gasteiger partial charge in [-0.05, 0) is 39.2 Å². The van der Waals surface area contributed by atoms with Crippen LogP contribution in [0, 0.1) is 5.92 Å². The molecule has 5 heteroatoms. The van der Waals surface area contributed by atoms with Crippen LogP contribution in [0.5, 0.6) is 0 Å². The number of halogens is 4. The SMILES string of the molecule is CC(F)(CCCC(F)(F)F)C1CCCNC1. The van der Waals surface area contributed by atoms with E-state index >= 15 is 0 Å². The minimum atomic E-state index is -4.17. The van der Waals surface area contributed by atoms with Crippen molar-refractivity contribution in [1.82, 2.24) is 5.32 Å². The van der Waals surface area contributed by atoms with Crippen LogP contribution < -0.4 is 5.32 Å². The van der Waals surface area contributed by atoms with Crippen LogP contribution in [0.4, 0.5) is 17.6 Å². The predicted molar refractivity (Wildman–Crippen MR) is 55.0 cm³/mol. The Balaban J connectivity index is 2.32. The van der Waals surface area contributed by atoms with Crippen molar-refractivity contribution in [2.24, 2.45) is 5.92 Å². The number of alkyl halides is 4. The lowest BCUT2D eigenvalue weighted by molar-refractivity contribution is -0.137. The van der Waals surface area contributed by atoms with Gasteiger partial charge in [0.2, 0.25) is 0 Å². The smallest absolute Gasteiger partial charge is 0.316 e. The largest absolute Gasteiger partial charge is 0.389 e. The first-order chi connectivity index (χ1) is 7.31. The molecule has 2 atom stereocenters. The van der Waals surface area contributed by atoms with Gasteiger partial charge in [0.25, 0.3) is 0 Å². The highest BCUT2D eigenvalue weighted by atomic mass is 19.4. The zero-order valence-corrected chi connectivity index (χ0v) is 9.54. The molecule has 0 aromatic carbocycles. The highest BCUT2D eigenvalue weighted by molar-refractivity contribution is 4.86. The standard InChI is InChI=1S/C11H19F4N/c1-10(12,5-3-6-11(13,14)15)9-4-2-7-16-8-9/h9,16H,2-8H2,1H3. The van der Waals surface area contributed by atoms with Crippen LogP contribution in [0.3, 0.4) is 0 Å². The minimum absolute atomic E-state index is 0.00113. The molecule has 1 aliphatic rings. The second kappa shape index (κ2) is 5.34. The van der Waals surface area contributed by atoms with Gasteiger partial charge in [-0.2, -0.15) is 13.2 Å². The van der Waals surface area contributed by atoms with E-state index in [9.17, 15) is 17.6 Å². The van der Waals surface area contributed by atoms with Crippen LogP contribution in [0.1, 0.15) is 39.0 Å². The van der Waals surface area contributed by atoms with Gasteiger partial charge in [0.1, 0.15) is 5.67 Å². The zero-order valence-electron chi connectivity index (χ0n) is 9.54. The molecule has 1 rings (SSSR count). The summed E-state index contributed by atoms with van der Waals surface area (Å²) in [7, 11) is 0. The van der Waals surface area contributed by atoms with Gasteiger partial charge in [0.05, 0.1) is 0 Å². The van der Waals surface area contributed by atoms with E-state index in [0.29, 0.717) is 6.54 Å². The van der Waals surface area contributed by atoms with Crippen LogP contribution in [-0.4, -0.2) is 24.9 Å². The third kappa shape index (κ3) is 4.68. The summed E-state index contributed by atoms with van der Waals surface area (Å²) >= 11 is 0. The molecule has 1 fully saturated rings. The van der Waals surface area contributed by atoms with Crippen molar-refractivity contribution < 1.29 is 17.6 Å². The number of nitrogens with one attached hydrogen (secondary N) is 1. The summed E-state index contributed by atoms with van der Waals surface area (Å²) in [5, 5.41) is 3.09. The normalized spacial score (nSPS) is 26.4. The molecular formula is C11H19F4N. The molecule has 1 N–H and O–H groups in total. The van der Waals surface area contributed by atoms with Crippen LogP contribution >= 0.6 is 0 Å². The van der Waals surface area contributed by atoms with Gasteiger partial charge < -0.3 is 5.32 Å². The molecule has 0 saturated carbocycles. The van der Waals surface area contributed by atoms with Gasteiger partial charge in [-0.25, -0.2) is 4.39 Å². The van der Waals surface area contributed by atoms with Gasteiger partial charge in [-0.1, -0.05) is 0 Å². The molecule has 1 saturated heterocycles. The lowest BCUT2D eigenvalue weighted by atomic mass is 9.82. The topological polar surface area (TPSA) is 12.0 Å². The minimum Gasteiger partial charge on any atom is -0.316 e. The van der Waals surface area contributed by atoms with E-state index in [2.05, 4.69) is 5.32 Å². The summed E-state index contributed by atoms with van der Waals surface area (Å²) < 4.78 is 50.0. The molecule has 0 aromatic heterocycles. The molecule has 0 spiro atoms. The number of hydrogen-bond donors (Lipinski definition) is 1. The highest BCUT2D eigenvalue weighted by Crippen LogP contribution is 2.34. The summed E-state index contributed by atoms with van der Waals surface area (Å²) in [6.07, 6.45) is -3.49. The number of piperidine rings is 1. The molecule has 0 bridgehead atoms. The Bertz CT molecular complexity index is 207. The average Bonchev–Trinajstić information content (AvgIpc) is 2.17. The van der Waals surface area contributed by atoms with Crippen LogP contribution in [0.25, 0.3) is 0 Å². The first-order valence-corrected chi connectivity index (χ1v) is 5.78. The van der Waals surface area contributed by atoms with E-state index in [0.717, 1.165) is 19.4 Å². The summed E-state index contributed by atoms with van der Waals surface area (Å²) in [4.78, 5) is 0. The van der Waals surface area contributed by atoms with Gasteiger partial charge >= 0.3 is 6.18 Å². The Morgan fingerprint density at radius 2 is 1.88 bits per heavy atom. The highest BCUT2D eigenvalue weighted by Gasteiger charge is 2.36. The van der Waals surface area contributed by atoms with Gasteiger partial charge in [0.15, 0.2) is 0 Å². The summed E-state index contributed by atoms with van der Waals surface area (Å²) in [5.41, 5.74) is -1.47. The molecule has 0 aromatic rings. The first kappa shape index (κ1) is 13.7. The van der Waals surface area contributed by atoms with E-state index < -0.39 is 18.3 Å². The van der Waals surface area contributed by atoms with Crippen LogP contribution in [0.2, 0.25) is 0 Å². The lowest BCUT2D eigenvalue weighted by Gasteiger charge is -2.34. The van der Waals surface area contributed by atoms with Gasteiger partial charge in [-0.15, -0.1) is 0 Å². The Labute approximate surface area is 93.6 Å². The van der Waals surface area contributed by atoms with Gasteiger partial charge in [-0.3, -0.25) is 0 Å². The molecule has 1 aliphatic heterocycles. The summed E-state index contributed by atoms with van der Waals surface area (Å²) in [5.74, 6) is -0.144. The Morgan fingerprint density at radius 3 is 2.38 bits per heavy atom. The second-order valence-electron chi connectivity index (χ2n) is 4.79. The fourth-order valence-corrected chi connectivity index (χ4v) is 2.20. The zero-order chi connectivity index (χ0) is 12.2. The number of hydrogen-bond acceptors (Lipinski definition) is 1. The van der Waals surface area contributed by atoms with E-state index in [4.69, 9.17) is 0 Å². The van der Waals surface area contributed by atoms with Crippen molar-refractivity contribution in [2.75, 3.05) is 13.1 Å². The maximum absolute atomic E-state index is 14.1. The maximum atomic E-state index is 14.1. The Kier molecular flexibility index (Phi) is 4.59. The lowest BCUT2D eigenvalue weighted by Crippen LogP contribution is -2.41. The fourth-order valence-electron chi connectivity index (χ4n) is 2.20. The average molecular weight is 241 g/mol. The van der Waals surface area contributed by atoms with Crippen molar-refractivity contribution in [2.45, 2.75) is 50.9 Å². The third-order valence-corrected chi connectivity index (χ3v) is 3.27. The molecular weight excluding hydrogens is 222 g/mol. The molecule has 2 unspecified atom stereocenters. The van der Waals surface area contributed by atoms with E-state index in [-0.39, 0.29) is 18.8 Å². The Morgan fingerprint density at radius 1 is 1.19 bits per heavy atom. The van der Waals surface area contributed by atoms with Crippen molar-refractivity contribution in [3.8, 4) is 0 Å². The molecule has 96 valence electrons. The van der Waals surface area contributed by atoms with Crippen molar-refractivity contribution in [3.05, 3.63) is 0 Å². The quantitative estimate of drug-likeness (QED) is 0.743.